The number of aliphatic hydroxyl groups excluding tert-OH is 1. The van der Waals surface area contributed by atoms with E-state index in [1.54, 1.807) is 6.07 Å². The van der Waals surface area contributed by atoms with E-state index >= 15 is 0 Å². The number of hydrogen-bond acceptors (Lipinski definition) is 6. The lowest BCUT2D eigenvalue weighted by Crippen LogP contribution is -2.31. The van der Waals surface area contributed by atoms with Crippen LogP contribution in [0.4, 0.5) is 4.39 Å². The number of ether oxygens (including phenoxy) is 1. The van der Waals surface area contributed by atoms with Crippen molar-refractivity contribution < 1.29 is 32.2 Å². The molecule has 0 radical (unpaired) electrons. The van der Waals surface area contributed by atoms with Crippen molar-refractivity contribution in [2.45, 2.75) is 17.4 Å². The second kappa shape index (κ2) is 9.82. The number of nitrogens with zero attached hydrogens (tertiary/aromatic N) is 2. The second-order valence-electron chi connectivity index (χ2n) is 7.67. The van der Waals surface area contributed by atoms with Gasteiger partial charge >= 0.3 is 0 Å². The van der Waals surface area contributed by atoms with Crippen LogP contribution in [0.3, 0.4) is 0 Å². The number of likely N-dealkylation sites (tertiary alicyclic amines) is 1. The van der Waals surface area contributed by atoms with Gasteiger partial charge < -0.3 is 14.7 Å². The minimum absolute atomic E-state index is 0.00489. The minimum atomic E-state index is -3.69. The summed E-state index contributed by atoms with van der Waals surface area (Å²) in [5.74, 6) is -2.93. The fourth-order valence-corrected chi connectivity index (χ4v) is 4.56. The summed E-state index contributed by atoms with van der Waals surface area (Å²) in [6.07, 6.45) is 0.408. The van der Waals surface area contributed by atoms with E-state index in [0.717, 1.165) is 4.31 Å². The smallest absolute Gasteiger partial charge is 0.295 e. The molecule has 0 aliphatic carbocycles. The summed E-state index contributed by atoms with van der Waals surface area (Å²) >= 11 is 0. The Morgan fingerprint density at radius 2 is 1.76 bits per heavy atom. The molecule has 1 N–H and O–H groups in total. The molecule has 0 unspecified atom stereocenters. The van der Waals surface area contributed by atoms with E-state index in [9.17, 15) is 27.5 Å². The van der Waals surface area contributed by atoms with E-state index < -0.39 is 39.3 Å². The molecular formula is C23H25FN2O6S. The van der Waals surface area contributed by atoms with Crippen molar-refractivity contribution in [1.29, 1.82) is 0 Å². The first kappa shape index (κ1) is 24.6. The van der Waals surface area contributed by atoms with Crippen LogP contribution in [0, 0.1) is 5.82 Å². The average molecular weight is 477 g/mol. The van der Waals surface area contributed by atoms with Crippen molar-refractivity contribution in [1.82, 2.24) is 9.21 Å². The van der Waals surface area contributed by atoms with Gasteiger partial charge in [0, 0.05) is 45.5 Å². The van der Waals surface area contributed by atoms with Crippen LogP contribution in [0.1, 0.15) is 23.6 Å². The van der Waals surface area contributed by atoms with Crippen LogP contribution in [0.15, 0.2) is 59.0 Å². The van der Waals surface area contributed by atoms with Gasteiger partial charge in [-0.05, 0) is 36.8 Å². The predicted molar refractivity (Wildman–Crippen MR) is 119 cm³/mol. The van der Waals surface area contributed by atoms with Crippen molar-refractivity contribution in [3.8, 4) is 0 Å². The van der Waals surface area contributed by atoms with Crippen LogP contribution in [0.5, 0.6) is 0 Å². The molecule has 2 aromatic rings. The number of benzene rings is 2. The zero-order valence-electron chi connectivity index (χ0n) is 18.5. The first-order valence-electron chi connectivity index (χ1n) is 10.2. The lowest BCUT2D eigenvalue weighted by molar-refractivity contribution is -0.140. The molecule has 3 rings (SSSR count). The summed E-state index contributed by atoms with van der Waals surface area (Å²) in [5, 5.41) is 11.0. The maximum Gasteiger partial charge on any atom is 0.295 e. The third-order valence-corrected chi connectivity index (χ3v) is 7.22. The van der Waals surface area contributed by atoms with Gasteiger partial charge in [-0.2, -0.15) is 0 Å². The van der Waals surface area contributed by atoms with Crippen molar-refractivity contribution in [3.63, 3.8) is 0 Å². The van der Waals surface area contributed by atoms with Gasteiger partial charge in [-0.3, -0.25) is 9.59 Å². The van der Waals surface area contributed by atoms with E-state index in [1.807, 2.05) is 0 Å². The van der Waals surface area contributed by atoms with Crippen LogP contribution in [0.25, 0.3) is 5.76 Å². The first-order valence-corrected chi connectivity index (χ1v) is 11.6. The summed E-state index contributed by atoms with van der Waals surface area (Å²) in [4.78, 5) is 26.9. The van der Waals surface area contributed by atoms with Gasteiger partial charge in [-0.15, -0.1) is 0 Å². The zero-order chi connectivity index (χ0) is 24.3. The quantitative estimate of drug-likeness (QED) is 0.272. The Hall–Kier alpha value is -3.08. The highest BCUT2D eigenvalue weighted by Crippen LogP contribution is 2.40. The van der Waals surface area contributed by atoms with Gasteiger partial charge in [0.25, 0.3) is 11.7 Å². The second-order valence-corrected chi connectivity index (χ2v) is 9.82. The standard InChI is InChI=1S/C23H25FN2O6S/c1-25(2)33(30,31)16-11-9-15(10-12-16)21(27)19-20(17-7-4-5-8-18(17)24)26(13-6-14-32-3)23(29)22(19)28/h4-5,7-12,20,27H,6,13-14H2,1-3H3/t20-/m0/s1. The van der Waals surface area contributed by atoms with E-state index in [4.69, 9.17) is 4.74 Å². The maximum atomic E-state index is 14.7. The molecule has 8 nitrogen and oxygen atoms in total. The topological polar surface area (TPSA) is 104 Å². The Morgan fingerprint density at radius 3 is 2.33 bits per heavy atom. The monoisotopic (exact) mass is 476 g/mol. The molecule has 1 heterocycles. The lowest BCUT2D eigenvalue weighted by Gasteiger charge is -2.25. The van der Waals surface area contributed by atoms with E-state index in [0.29, 0.717) is 13.0 Å². The molecule has 2 aromatic carbocycles. The van der Waals surface area contributed by atoms with Crippen LogP contribution in [0.2, 0.25) is 0 Å². The van der Waals surface area contributed by atoms with Gasteiger partial charge in [-0.25, -0.2) is 17.1 Å². The molecule has 0 saturated carbocycles. The minimum Gasteiger partial charge on any atom is -0.507 e. The molecule has 0 spiro atoms. The third-order valence-electron chi connectivity index (χ3n) is 5.39. The number of sulfonamides is 1. The number of aliphatic hydroxyl groups is 1. The van der Waals surface area contributed by atoms with Crippen LogP contribution < -0.4 is 0 Å². The lowest BCUT2D eigenvalue weighted by atomic mass is 9.95. The molecule has 0 bridgehead atoms. The summed E-state index contributed by atoms with van der Waals surface area (Å²) < 4.78 is 45.4. The summed E-state index contributed by atoms with van der Waals surface area (Å²) in [6, 6.07) is 9.85. The number of amides is 1. The van der Waals surface area contributed by atoms with Gasteiger partial charge in [0.05, 0.1) is 16.5 Å². The predicted octanol–water partition coefficient (Wildman–Crippen LogP) is 2.53. The fraction of sp³-hybridized carbons (Fsp3) is 0.304. The van der Waals surface area contributed by atoms with Gasteiger partial charge in [0.1, 0.15) is 11.6 Å². The zero-order valence-corrected chi connectivity index (χ0v) is 19.3. The van der Waals surface area contributed by atoms with Crippen molar-refractivity contribution in [2.75, 3.05) is 34.4 Å². The largest absolute Gasteiger partial charge is 0.507 e. The van der Waals surface area contributed by atoms with Crippen molar-refractivity contribution in [2.24, 2.45) is 0 Å². The maximum absolute atomic E-state index is 14.7. The Kier molecular flexibility index (Phi) is 7.31. The van der Waals surface area contributed by atoms with Crippen LogP contribution in [-0.2, 0) is 24.3 Å². The highest BCUT2D eigenvalue weighted by atomic mass is 32.2. The normalized spacial score (nSPS) is 18.3. The Bertz CT molecular complexity index is 1190. The molecule has 1 atom stereocenters. The summed E-state index contributed by atoms with van der Waals surface area (Å²) in [6.45, 7) is 0.447. The fourth-order valence-electron chi connectivity index (χ4n) is 3.66. The van der Waals surface area contributed by atoms with Crippen molar-refractivity contribution in [3.05, 3.63) is 71.0 Å². The average Bonchev–Trinajstić information content (AvgIpc) is 3.04. The number of carbonyl (C=O) groups excluding carboxylic acids is 2. The highest BCUT2D eigenvalue weighted by Gasteiger charge is 2.46. The molecule has 1 amide bonds. The first-order chi connectivity index (χ1) is 15.6. The number of halogens is 1. The Labute approximate surface area is 191 Å². The number of carbonyl (C=O) groups is 2. The molecule has 1 aliphatic heterocycles. The molecule has 0 aromatic heterocycles. The summed E-state index contributed by atoms with van der Waals surface area (Å²) in [5.41, 5.74) is -0.0582. The molecule has 176 valence electrons. The van der Waals surface area contributed by atoms with Gasteiger partial charge in [-0.1, -0.05) is 18.2 Å². The molecule has 1 saturated heterocycles. The van der Waals surface area contributed by atoms with E-state index in [1.165, 1.54) is 68.6 Å². The van der Waals surface area contributed by atoms with Crippen LogP contribution >= 0.6 is 0 Å². The SMILES string of the molecule is COCCCN1C(=O)C(=O)C(=C(O)c2ccc(S(=O)(=O)N(C)C)cc2)[C@@H]1c1ccccc1F. The Balaban J connectivity index is 2.12. The number of rotatable bonds is 8. The van der Waals surface area contributed by atoms with Gasteiger partial charge in [0.15, 0.2) is 0 Å². The van der Waals surface area contributed by atoms with E-state index in [2.05, 4.69) is 0 Å². The number of methoxy groups -OCH3 is 1. The highest BCUT2D eigenvalue weighted by molar-refractivity contribution is 7.89. The molecule has 1 fully saturated rings. The Morgan fingerprint density at radius 1 is 1.12 bits per heavy atom. The van der Waals surface area contributed by atoms with E-state index in [-0.39, 0.29) is 28.1 Å². The molecular weight excluding hydrogens is 451 g/mol. The number of hydrogen-bond donors (Lipinski definition) is 1. The summed E-state index contributed by atoms with van der Waals surface area (Å²) in [7, 11) is 0.592. The molecule has 10 heteroatoms. The number of Topliss-reactive ketones (excluding diaryl/α,β-unsaturated/α-hetero) is 1. The van der Waals surface area contributed by atoms with Gasteiger partial charge in [0.2, 0.25) is 10.0 Å². The number of ketones is 1. The molecule has 1 aliphatic rings. The van der Waals surface area contributed by atoms with Crippen LogP contribution in [-0.4, -0.2) is 68.8 Å². The third kappa shape index (κ3) is 4.68. The molecule has 33 heavy (non-hydrogen) atoms. The van der Waals surface area contributed by atoms with Crippen molar-refractivity contribution >= 4 is 27.5 Å².